The van der Waals surface area contributed by atoms with Gasteiger partial charge in [-0.1, -0.05) is 5.92 Å². The van der Waals surface area contributed by atoms with Crippen molar-refractivity contribution in [1.82, 2.24) is 10.2 Å². The predicted molar refractivity (Wildman–Crippen MR) is 38.7 cm³/mol. The Morgan fingerprint density at radius 2 is 2.17 bits per heavy atom. The van der Waals surface area contributed by atoms with Crippen LogP contribution in [0, 0.1) is 12.3 Å². The lowest BCUT2D eigenvalue weighted by Gasteiger charge is -2.22. The van der Waals surface area contributed by atoms with Crippen LogP contribution >= 0.6 is 0 Å². The number of imide groups is 2. The Balaban J connectivity index is 2.75. The van der Waals surface area contributed by atoms with Gasteiger partial charge in [-0.05, 0) is 0 Å². The number of rotatable bonds is 1. The van der Waals surface area contributed by atoms with E-state index in [4.69, 9.17) is 6.42 Å². The molecule has 0 unspecified atom stereocenters. The lowest BCUT2D eigenvalue weighted by Crippen LogP contribution is -2.52. The molecule has 0 spiro atoms. The number of carbonyl (C=O) groups excluding carboxylic acids is 3. The fraction of sp³-hybridized carbons (Fsp3) is 0.286. The van der Waals surface area contributed by atoms with Gasteiger partial charge in [0.15, 0.2) is 0 Å². The third-order valence-electron chi connectivity index (χ3n) is 1.35. The number of urea groups is 1. The van der Waals surface area contributed by atoms with E-state index < -0.39 is 17.8 Å². The van der Waals surface area contributed by atoms with Crippen LogP contribution in [-0.4, -0.2) is 29.3 Å². The standard InChI is InChI=1S/C7H6N2O3/c1-2-3-9-6(11)4-5(10)8-7(9)12/h1H,3-4H2,(H,8,10,12). The molecule has 1 aliphatic heterocycles. The molecule has 0 aromatic heterocycles. The normalized spacial score (nSPS) is 17.2. The summed E-state index contributed by atoms with van der Waals surface area (Å²) in [4.78, 5) is 33.3. The van der Waals surface area contributed by atoms with Crippen molar-refractivity contribution in [2.75, 3.05) is 6.54 Å². The number of hydrogen-bond acceptors (Lipinski definition) is 3. The van der Waals surface area contributed by atoms with E-state index in [-0.39, 0.29) is 13.0 Å². The highest BCUT2D eigenvalue weighted by atomic mass is 16.2. The number of amides is 4. The summed E-state index contributed by atoms with van der Waals surface area (Å²) in [7, 11) is 0. The van der Waals surface area contributed by atoms with Gasteiger partial charge in [0.05, 0.1) is 6.54 Å². The maximum Gasteiger partial charge on any atom is 0.331 e. The Labute approximate surface area is 68.7 Å². The fourth-order valence-electron chi connectivity index (χ4n) is 0.828. The van der Waals surface area contributed by atoms with Crippen LogP contribution in [0.1, 0.15) is 6.42 Å². The van der Waals surface area contributed by atoms with Gasteiger partial charge in [0.25, 0.3) is 0 Å². The molecule has 62 valence electrons. The molecule has 5 heteroatoms. The van der Waals surface area contributed by atoms with Gasteiger partial charge in [-0.3, -0.25) is 19.8 Å². The fourth-order valence-corrected chi connectivity index (χ4v) is 0.828. The molecule has 0 radical (unpaired) electrons. The summed E-state index contributed by atoms with van der Waals surface area (Å²) >= 11 is 0. The molecule has 0 aliphatic carbocycles. The van der Waals surface area contributed by atoms with Crippen molar-refractivity contribution >= 4 is 17.8 Å². The summed E-state index contributed by atoms with van der Waals surface area (Å²) in [6.45, 7) is -0.0993. The van der Waals surface area contributed by atoms with E-state index in [0.29, 0.717) is 0 Å². The van der Waals surface area contributed by atoms with Crippen molar-refractivity contribution in [3.63, 3.8) is 0 Å². The van der Waals surface area contributed by atoms with E-state index >= 15 is 0 Å². The molecule has 1 N–H and O–H groups in total. The Bertz CT molecular complexity index is 270. The summed E-state index contributed by atoms with van der Waals surface area (Å²) in [6.07, 6.45) is 4.60. The van der Waals surface area contributed by atoms with Gasteiger partial charge in [0.1, 0.15) is 6.42 Å². The molecule has 1 aliphatic rings. The predicted octanol–water partition coefficient (Wildman–Crippen LogP) is -0.912. The zero-order valence-corrected chi connectivity index (χ0v) is 6.16. The number of barbiturate groups is 1. The van der Waals surface area contributed by atoms with E-state index in [1.54, 1.807) is 0 Å². The molecule has 12 heavy (non-hydrogen) atoms. The molecule has 1 fully saturated rings. The third kappa shape index (κ3) is 1.42. The zero-order valence-electron chi connectivity index (χ0n) is 6.16. The molecule has 0 saturated carbocycles. The highest BCUT2D eigenvalue weighted by Gasteiger charge is 2.29. The van der Waals surface area contributed by atoms with Crippen LogP contribution in [0.25, 0.3) is 0 Å². The second-order valence-corrected chi connectivity index (χ2v) is 2.21. The number of terminal acetylenes is 1. The van der Waals surface area contributed by atoms with E-state index in [1.165, 1.54) is 0 Å². The van der Waals surface area contributed by atoms with Crippen molar-refractivity contribution in [3.05, 3.63) is 0 Å². The minimum absolute atomic E-state index is 0.0993. The van der Waals surface area contributed by atoms with E-state index in [9.17, 15) is 14.4 Å². The smallest absolute Gasteiger partial charge is 0.277 e. The molecular weight excluding hydrogens is 160 g/mol. The third-order valence-corrected chi connectivity index (χ3v) is 1.35. The van der Waals surface area contributed by atoms with Gasteiger partial charge < -0.3 is 0 Å². The molecule has 0 atom stereocenters. The molecule has 1 heterocycles. The van der Waals surface area contributed by atoms with Crippen molar-refractivity contribution in [2.45, 2.75) is 6.42 Å². The Morgan fingerprint density at radius 3 is 2.67 bits per heavy atom. The number of hydrogen-bond donors (Lipinski definition) is 1. The number of nitrogens with one attached hydrogen (secondary N) is 1. The molecular formula is C7H6N2O3. The van der Waals surface area contributed by atoms with Crippen molar-refractivity contribution < 1.29 is 14.4 Å². The zero-order chi connectivity index (χ0) is 9.14. The maximum absolute atomic E-state index is 11.0. The average Bonchev–Trinajstić information content (AvgIpc) is 1.96. The van der Waals surface area contributed by atoms with Gasteiger partial charge in [0, 0.05) is 0 Å². The van der Waals surface area contributed by atoms with Gasteiger partial charge in [-0.15, -0.1) is 6.42 Å². The summed E-state index contributed by atoms with van der Waals surface area (Å²) < 4.78 is 0. The molecule has 0 aromatic rings. The van der Waals surface area contributed by atoms with Crippen LogP contribution in [0.5, 0.6) is 0 Å². The topological polar surface area (TPSA) is 66.5 Å². The highest BCUT2D eigenvalue weighted by Crippen LogP contribution is 2.00. The van der Waals surface area contributed by atoms with Crippen LogP contribution in [0.4, 0.5) is 4.79 Å². The summed E-state index contributed by atoms with van der Waals surface area (Å²) in [6, 6.07) is -0.741. The molecule has 1 saturated heterocycles. The molecule has 5 nitrogen and oxygen atoms in total. The van der Waals surface area contributed by atoms with Crippen molar-refractivity contribution in [2.24, 2.45) is 0 Å². The molecule has 0 aromatic carbocycles. The minimum Gasteiger partial charge on any atom is -0.277 e. The van der Waals surface area contributed by atoms with Crippen LogP contribution in [0.3, 0.4) is 0 Å². The van der Waals surface area contributed by atoms with Crippen LogP contribution in [0.2, 0.25) is 0 Å². The van der Waals surface area contributed by atoms with E-state index in [2.05, 4.69) is 5.92 Å². The molecule has 1 rings (SSSR count). The monoisotopic (exact) mass is 166 g/mol. The van der Waals surface area contributed by atoms with Crippen LogP contribution in [-0.2, 0) is 9.59 Å². The largest absolute Gasteiger partial charge is 0.331 e. The van der Waals surface area contributed by atoms with Crippen molar-refractivity contribution in [1.29, 1.82) is 0 Å². The lowest BCUT2D eigenvalue weighted by atomic mass is 10.3. The Morgan fingerprint density at radius 1 is 1.50 bits per heavy atom. The van der Waals surface area contributed by atoms with Gasteiger partial charge in [-0.2, -0.15) is 0 Å². The first kappa shape index (κ1) is 8.27. The first-order chi connectivity index (χ1) is 5.65. The first-order valence-corrected chi connectivity index (χ1v) is 3.23. The van der Waals surface area contributed by atoms with E-state index in [1.807, 2.05) is 5.32 Å². The minimum atomic E-state index is -0.741. The van der Waals surface area contributed by atoms with E-state index in [0.717, 1.165) is 4.90 Å². The molecule has 4 amide bonds. The Kier molecular flexibility index (Phi) is 2.10. The number of nitrogens with zero attached hydrogens (tertiary/aromatic N) is 1. The lowest BCUT2D eigenvalue weighted by molar-refractivity contribution is -0.135. The van der Waals surface area contributed by atoms with Crippen LogP contribution < -0.4 is 5.32 Å². The van der Waals surface area contributed by atoms with Gasteiger partial charge in [0.2, 0.25) is 11.8 Å². The van der Waals surface area contributed by atoms with Gasteiger partial charge >= 0.3 is 6.03 Å². The van der Waals surface area contributed by atoms with Crippen molar-refractivity contribution in [3.8, 4) is 12.3 Å². The number of carbonyl (C=O) groups is 3. The average molecular weight is 166 g/mol. The summed E-state index contributed by atoms with van der Waals surface area (Å²) in [5, 5.41) is 1.98. The maximum atomic E-state index is 11.0. The first-order valence-electron chi connectivity index (χ1n) is 3.23. The second-order valence-electron chi connectivity index (χ2n) is 2.21. The quantitative estimate of drug-likeness (QED) is 0.405. The second kappa shape index (κ2) is 3.05. The highest BCUT2D eigenvalue weighted by molar-refractivity contribution is 6.14. The summed E-state index contributed by atoms with van der Waals surface area (Å²) in [5.41, 5.74) is 0. The van der Waals surface area contributed by atoms with Gasteiger partial charge in [-0.25, -0.2) is 4.79 Å². The summed E-state index contributed by atoms with van der Waals surface area (Å²) in [5.74, 6) is 1.01. The Hall–Kier alpha value is -1.83. The SMILES string of the molecule is C#CCN1C(=O)CC(=O)NC1=O. The van der Waals surface area contributed by atoms with Crippen LogP contribution in [0.15, 0.2) is 0 Å². The molecule has 0 bridgehead atoms.